The van der Waals surface area contributed by atoms with E-state index in [9.17, 15) is 8.42 Å². The molecule has 1 fully saturated rings. The van der Waals surface area contributed by atoms with E-state index in [1.54, 1.807) is 11.4 Å². The molecule has 0 aromatic rings. The number of ether oxygens (including phenoxy) is 1. The first-order chi connectivity index (χ1) is 8.11. The summed E-state index contributed by atoms with van der Waals surface area (Å²) in [5, 5.41) is 0. The Hall–Kier alpha value is -0.170. The summed E-state index contributed by atoms with van der Waals surface area (Å²) in [6.45, 7) is 1.80. The molecule has 0 aromatic carbocycles. The summed E-state index contributed by atoms with van der Waals surface area (Å²) in [7, 11) is -1.51. The van der Waals surface area contributed by atoms with Gasteiger partial charge in [-0.1, -0.05) is 0 Å². The third-order valence-corrected chi connectivity index (χ3v) is 5.17. The highest BCUT2D eigenvalue weighted by molar-refractivity contribution is 7.89. The van der Waals surface area contributed by atoms with E-state index >= 15 is 0 Å². The van der Waals surface area contributed by atoms with Crippen LogP contribution in [0.4, 0.5) is 0 Å². The van der Waals surface area contributed by atoms with Gasteiger partial charge in [0, 0.05) is 26.3 Å². The molecule has 0 aliphatic carbocycles. The van der Waals surface area contributed by atoms with Crippen molar-refractivity contribution in [3.63, 3.8) is 0 Å². The number of hydrogen-bond donors (Lipinski definition) is 1. The average Bonchev–Trinajstić information content (AvgIpc) is 2.75. The number of rotatable bonds is 8. The normalized spacial score (nSPS) is 22.1. The van der Waals surface area contributed by atoms with Crippen molar-refractivity contribution in [3.05, 3.63) is 0 Å². The molecular weight excluding hydrogens is 240 g/mol. The van der Waals surface area contributed by atoms with Gasteiger partial charge in [-0.3, -0.25) is 0 Å². The zero-order valence-electron chi connectivity index (χ0n) is 10.6. The highest BCUT2D eigenvalue weighted by Crippen LogP contribution is 2.24. The second-order valence-electron chi connectivity index (χ2n) is 4.50. The number of nitrogens with zero attached hydrogens (tertiary/aromatic N) is 1. The van der Waals surface area contributed by atoms with E-state index in [0.29, 0.717) is 26.1 Å². The largest absolute Gasteiger partial charge is 0.385 e. The van der Waals surface area contributed by atoms with E-state index in [1.807, 2.05) is 0 Å². The molecule has 0 amide bonds. The Balaban J connectivity index is 2.50. The fraction of sp³-hybridized carbons (Fsp3) is 1.00. The van der Waals surface area contributed by atoms with Gasteiger partial charge >= 0.3 is 0 Å². The smallest absolute Gasteiger partial charge is 0.214 e. The lowest BCUT2D eigenvalue weighted by atomic mass is 10.1. The molecule has 2 N–H and O–H groups in total. The second kappa shape index (κ2) is 7.31. The summed E-state index contributed by atoms with van der Waals surface area (Å²) in [6, 6.07) is 0.172. The fourth-order valence-corrected chi connectivity index (χ4v) is 4.11. The quantitative estimate of drug-likeness (QED) is 0.650. The van der Waals surface area contributed by atoms with Gasteiger partial charge in [0.05, 0.1) is 5.75 Å². The molecule has 1 heterocycles. The maximum atomic E-state index is 12.1. The molecule has 1 atom stereocenters. The third kappa shape index (κ3) is 4.54. The van der Waals surface area contributed by atoms with Crippen molar-refractivity contribution >= 4 is 10.0 Å². The van der Waals surface area contributed by atoms with Crippen LogP contribution in [0.5, 0.6) is 0 Å². The van der Waals surface area contributed by atoms with Crippen LogP contribution >= 0.6 is 0 Å². The zero-order valence-corrected chi connectivity index (χ0v) is 11.4. The standard InChI is InChI=1S/C11H24N2O3S/c1-16-9-4-10-17(14,15)13-8-3-6-11(13)5-2-7-12/h11H,2-10,12H2,1H3. The van der Waals surface area contributed by atoms with Crippen molar-refractivity contribution in [2.45, 2.75) is 38.1 Å². The van der Waals surface area contributed by atoms with Crippen LogP contribution in [0.1, 0.15) is 32.1 Å². The van der Waals surface area contributed by atoms with E-state index in [1.165, 1.54) is 0 Å². The second-order valence-corrected chi connectivity index (χ2v) is 6.54. The maximum Gasteiger partial charge on any atom is 0.214 e. The van der Waals surface area contributed by atoms with Crippen LogP contribution in [-0.4, -0.2) is 51.3 Å². The molecule has 102 valence electrons. The molecule has 1 aliphatic rings. The molecule has 1 aliphatic heterocycles. The first-order valence-corrected chi connectivity index (χ1v) is 7.91. The molecule has 1 unspecified atom stereocenters. The molecule has 0 spiro atoms. The third-order valence-electron chi connectivity index (χ3n) is 3.17. The molecule has 0 radical (unpaired) electrons. The van der Waals surface area contributed by atoms with Crippen molar-refractivity contribution in [1.82, 2.24) is 4.31 Å². The van der Waals surface area contributed by atoms with Crippen molar-refractivity contribution in [2.24, 2.45) is 5.73 Å². The number of nitrogens with two attached hydrogens (primary N) is 1. The molecular formula is C11H24N2O3S. The van der Waals surface area contributed by atoms with Gasteiger partial charge in [0.2, 0.25) is 10.0 Å². The van der Waals surface area contributed by atoms with Crippen molar-refractivity contribution in [2.75, 3.05) is 32.6 Å². The van der Waals surface area contributed by atoms with Crippen LogP contribution in [0, 0.1) is 0 Å². The lowest BCUT2D eigenvalue weighted by Gasteiger charge is -2.23. The SMILES string of the molecule is COCCCS(=O)(=O)N1CCCC1CCCN. The summed E-state index contributed by atoms with van der Waals surface area (Å²) < 4.78 is 30.8. The molecule has 0 aromatic heterocycles. The van der Waals surface area contributed by atoms with Gasteiger partial charge < -0.3 is 10.5 Å². The van der Waals surface area contributed by atoms with Crippen molar-refractivity contribution in [1.29, 1.82) is 0 Å². The van der Waals surface area contributed by atoms with E-state index in [4.69, 9.17) is 10.5 Å². The summed E-state index contributed by atoms with van der Waals surface area (Å²) >= 11 is 0. The molecule has 0 bridgehead atoms. The minimum atomic E-state index is -3.10. The monoisotopic (exact) mass is 264 g/mol. The minimum Gasteiger partial charge on any atom is -0.385 e. The minimum absolute atomic E-state index is 0.172. The van der Waals surface area contributed by atoms with Crippen LogP contribution in [0.25, 0.3) is 0 Å². The topological polar surface area (TPSA) is 72.6 Å². The highest BCUT2D eigenvalue weighted by atomic mass is 32.2. The highest BCUT2D eigenvalue weighted by Gasteiger charge is 2.32. The molecule has 5 nitrogen and oxygen atoms in total. The van der Waals surface area contributed by atoms with Gasteiger partial charge in [-0.15, -0.1) is 0 Å². The van der Waals surface area contributed by atoms with Gasteiger partial charge in [0.1, 0.15) is 0 Å². The zero-order chi connectivity index (χ0) is 12.7. The Morgan fingerprint density at radius 2 is 2.18 bits per heavy atom. The van der Waals surface area contributed by atoms with Gasteiger partial charge in [-0.25, -0.2) is 8.42 Å². The van der Waals surface area contributed by atoms with E-state index in [0.717, 1.165) is 25.7 Å². The maximum absolute atomic E-state index is 12.1. The first kappa shape index (κ1) is 14.9. The van der Waals surface area contributed by atoms with Crippen LogP contribution in [0.15, 0.2) is 0 Å². The first-order valence-electron chi connectivity index (χ1n) is 6.30. The summed E-state index contributed by atoms with van der Waals surface area (Å²) in [6.07, 6.45) is 4.30. The number of methoxy groups -OCH3 is 1. The van der Waals surface area contributed by atoms with Gasteiger partial charge in [-0.05, 0) is 38.6 Å². The molecule has 1 saturated heterocycles. The van der Waals surface area contributed by atoms with Gasteiger partial charge in [-0.2, -0.15) is 4.31 Å². The van der Waals surface area contributed by atoms with Gasteiger partial charge in [0.25, 0.3) is 0 Å². The molecule has 1 rings (SSSR count). The van der Waals surface area contributed by atoms with Crippen LogP contribution in [0.2, 0.25) is 0 Å². The van der Waals surface area contributed by atoms with Crippen LogP contribution < -0.4 is 5.73 Å². The van der Waals surface area contributed by atoms with E-state index in [2.05, 4.69) is 0 Å². The summed E-state index contributed by atoms with van der Waals surface area (Å²) in [4.78, 5) is 0. The predicted molar refractivity (Wildman–Crippen MR) is 68.3 cm³/mol. The van der Waals surface area contributed by atoms with Gasteiger partial charge in [0.15, 0.2) is 0 Å². The molecule has 6 heteroatoms. The van der Waals surface area contributed by atoms with E-state index < -0.39 is 10.0 Å². The van der Waals surface area contributed by atoms with Crippen LogP contribution in [-0.2, 0) is 14.8 Å². The lowest BCUT2D eigenvalue weighted by Crippen LogP contribution is -2.37. The Morgan fingerprint density at radius 3 is 2.82 bits per heavy atom. The van der Waals surface area contributed by atoms with Crippen LogP contribution in [0.3, 0.4) is 0 Å². The fourth-order valence-electron chi connectivity index (χ4n) is 2.32. The molecule has 0 saturated carbocycles. The van der Waals surface area contributed by atoms with E-state index in [-0.39, 0.29) is 11.8 Å². The Bertz CT molecular complexity index is 306. The molecule has 17 heavy (non-hydrogen) atoms. The summed E-state index contributed by atoms with van der Waals surface area (Å²) in [5.74, 6) is 0.194. The Morgan fingerprint density at radius 1 is 1.41 bits per heavy atom. The Kier molecular flexibility index (Phi) is 6.40. The number of sulfonamides is 1. The Labute approximate surface area is 104 Å². The number of hydrogen-bond acceptors (Lipinski definition) is 4. The summed E-state index contributed by atoms with van der Waals surface area (Å²) in [5.41, 5.74) is 5.47. The lowest BCUT2D eigenvalue weighted by molar-refractivity contribution is 0.199. The predicted octanol–water partition coefficient (Wildman–Crippen LogP) is 0.556. The van der Waals surface area contributed by atoms with Crippen molar-refractivity contribution in [3.8, 4) is 0 Å². The van der Waals surface area contributed by atoms with Crippen molar-refractivity contribution < 1.29 is 13.2 Å². The average molecular weight is 264 g/mol.